The zero-order valence-corrected chi connectivity index (χ0v) is 13.3. The molecular weight excluding hydrogens is 306 g/mol. The minimum absolute atomic E-state index is 0.0907. The van der Waals surface area contributed by atoms with Gasteiger partial charge in [0.15, 0.2) is 0 Å². The zero-order chi connectivity index (χ0) is 17.3. The van der Waals surface area contributed by atoms with E-state index in [1.54, 1.807) is 6.20 Å². The number of carbonyl (C=O) groups is 1. The van der Waals surface area contributed by atoms with Crippen LogP contribution in [0.5, 0.6) is 0 Å². The van der Waals surface area contributed by atoms with Crippen molar-refractivity contribution < 1.29 is 4.79 Å². The minimum Gasteiger partial charge on any atom is -0.338 e. The maximum Gasteiger partial charge on any atom is 0.292 e. The average Bonchev–Trinajstić information content (AvgIpc) is 3.00. The average molecular weight is 321 g/mol. The molecule has 0 atom stereocenters. The SMILES string of the molecule is Cc1ccc(-c2cn3cc(C(=O)NCC#N)nc3c(=O)[nH]2)cc1C. The van der Waals surface area contributed by atoms with Crippen molar-refractivity contribution in [1.29, 1.82) is 5.26 Å². The number of amides is 1. The number of aromatic amines is 1. The predicted molar refractivity (Wildman–Crippen MR) is 88.7 cm³/mol. The second-order valence-corrected chi connectivity index (χ2v) is 5.49. The smallest absolute Gasteiger partial charge is 0.292 e. The molecule has 0 spiro atoms. The number of rotatable bonds is 3. The number of carbonyl (C=O) groups excluding carboxylic acids is 1. The summed E-state index contributed by atoms with van der Waals surface area (Å²) in [6.45, 7) is 3.91. The highest BCUT2D eigenvalue weighted by Gasteiger charge is 2.13. The molecule has 1 amide bonds. The van der Waals surface area contributed by atoms with E-state index in [-0.39, 0.29) is 23.4 Å². The number of imidazole rings is 1. The molecule has 2 aromatic heterocycles. The summed E-state index contributed by atoms with van der Waals surface area (Å²) in [4.78, 5) is 30.9. The maximum absolute atomic E-state index is 12.3. The van der Waals surface area contributed by atoms with Crippen molar-refractivity contribution in [2.75, 3.05) is 6.54 Å². The van der Waals surface area contributed by atoms with Gasteiger partial charge in [0.2, 0.25) is 5.65 Å². The molecule has 7 nitrogen and oxygen atoms in total. The first kappa shape index (κ1) is 15.5. The molecule has 3 aromatic rings. The van der Waals surface area contributed by atoms with Crippen LogP contribution in [0.3, 0.4) is 0 Å². The molecule has 24 heavy (non-hydrogen) atoms. The molecule has 0 bridgehead atoms. The van der Waals surface area contributed by atoms with Gasteiger partial charge in [-0.2, -0.15) is 5.26 Å². The number of hydrogen-bond acceptors (Lipinski definition) is 4. The molecule has 0 aliphatic carbocycles. The zero-order valence-electron chi connectivity index (χ0n) is 13.3. The lowest BCUT2D eigenvalue weighted by Gasteiger charge is -2.06. The lowest BCUT2D eigenvalue weighted by atomic mass is 10.0. The third kappa shape index (κ3) is 2.77. The van der Waals surface area contributed by atoms with Gasteiger partial charge in [-0.05, 0) is 36.6 Å². The monoisotopic (exact) mass is 321 g/mol. The van der Waals surface area contributed by atoms with Gasteiger partial charge >= 0.3 is 0 Å². The van der Waals surface area contributed by atoms with Crippen LogP contribution in [0.4, 0.5) is 0 Å². The quantitative estimate of drug-likeness (QED) is 0.714. The normalized spacial score (nSPS) is 10.5. The van der Waals surface area contributed by atoms with Crippen molar-refractivity contribution in [3.63, 3.8) is 0 Å². The van der Waals surface area contributed by atoms with E-state index in [1.807, 2.05) is 38.1 Å². The highest BCUT2D eigenvalue weighted by Crippen LogP contribution is 2.19. The molecule has 3 rings (SSSR count). The Labute approximate surface area is 137 Å². The van der Waals surface area contributed by atoms with Crippen LogP contribution in [0.1, 0.15) is 21.6 Å². The number of hydrogen-bond donors (Lipinski definition) is 2. The topological polar surface area (TPSA) is 103 Å². The number of benzene rings is 1. The van der Waals surface area contributed by atoms with Gasteiger partial charge in [-0.25, -0.2) is 4.98 Å². The van der Waals surface area contributed by atoms with Gasteiger partial charge in [-0.1, -0.05) is 12.1 Å². The summed E-state index contributed by atoms with van der Waals surface area (Å²) in [6.07, 6.45) is 3.19. The minimum atomic E-state index is -0.493. The molecule has 2 heterocycles. The summed E-state index contributed by atoms with van der Waals surface area (Å²) >= 11 is 0. The molecule has 0 radical (unpaired) electrons. The fourth-order valence-corrected chi connectivity index (χ4v) is 2.39. The highest BCUT2D eigenvalue weighted by molar-refractivity contribution is 5.93. The second-order valence-electron chi connectivity index (χ2n) is 5.49. The Morgan fingerprint density at radius 1 is 1.33 bits per heavy atom. The van der Waals surface area contributed by atoms with Crippen molar-refractivity contribution >= 4 is 11.6 Å². The number of fused-ring (bicyclic) bond motifs is 1. The number of aromatic nitrogens is 3. The maximum atomic E-state index is 12.3. The lowest BCUT2D eigenvalue weighted by Crippen LogP contribution is -2.23. The van der Waals surface area contributed by atoms with Gasteiger partial charge in [0.25, 0.3) is 11.5 Å². The summed E-state index contributed by atoms with van der Waals surface area (Å²) in [5.41, 5.74) is 3.64. The van der Waals surface area contributed by atoms with Crippen LogP contribution in [-0.2, 0) is 0 Å². The van der Waals surface area contributed by atoms with E-state index in [4.69, 9.17) is 5.26 Å². The van der Waals surface area contributed by atoms with Gasteiger partial charge < -0.3 is 10.3 Å². The standard InChI is InChI=1S/C17H15N5O2/c1-10-3-4-12(7-11(10)2)13-8-22-9-14(16(23)19-6-5-18)20-15(22)17(24)21-13/h3-4,7-9H,6H2,1-2H3,(H,19,23)(H,21,24). The largest absolute Gasteiger partial charge is 0.338 e. The molecule has 0 saturated carbocycles. The molecule has 0 aliphatic heterocycles. The lowest BCUT2D eigenvalue weighted by molar-refractivity contribution is 0.0954. The van der Waals surface area contributed by atoms with Crippen molar-refractivity contribution in [2.24, 2.45) is 0 Å². The van der Waals surface area contributed by atoms with Crippen LogP contribution in [0.2, 0.25) is 0 Å². The van der Waals surface area contributed by atoms with Crippen LogP contribution < -0.4 is 10.9 Å². The van der Waals surface area contributed by atoms with Crippen molar-refractivity contribution in [3.8, 4) is 17.3 Å². The van der Waals surface area contributed by atoms with E-state index in [0.717, 1.165) is 11.1 Å². The molecule has 0 saturated heterocycles. The fourth-order valence-electron chi connectivity index (χ4n) is 2.39. The van der Waals surface area contributed by atoms with Gasteiger partial charge in [0.1, 0.15) is 12.2 Å². The summed E-state index contributed by atoms with van der Waals surface area (Å²) in [5.74, 6) is -0.493. The van der Waals surface area contributed by atoms with Crippen LogP contribution >= 0.6 is 0 Å². The number of H-pyrrole nitrogens is 1. The molecule has 2 N–H and O–H groups in total. The van der Waals surface area contributed by atoms with E-state index < -0.39 is 5.91 Å². The summed E-state index contributed by atoms with van der Waals surface area (Å²) < 4.78 is 1.52. The van der Waals surface area contributed by atoms with Crippen molar-refractivity contribution in [3.05, 3.63) is 57.8 Å². The molecule has 0 unspecified atom stereocenters. The Bertz CT molecular complexity index is 1040. The first-order chi connectivity index (χ1) is 11.5. The number of nitrogens with one attached hydrogen (secondary N) is 2. The Hall–Kier alpha value is -3.40. The fraction of sp³-hybridized carbons (Fsp3) is 0.176. The number of nitriles is 1. The molecular formula is C17H15N5O2. The third-order valence-electron chi connectivity index (χ3n) is 3.83. The molecule has 7 heteroatoms. The second kappa shape index (κ2) is 6.01. The predicted octanol–water partition coefficient (Wildman–Crippen LogP) is 1.56. The third-order valence-corrected chi connectivity index (χ3v) is 3.83. The van der Waals surface area contributed by atoms with Gasteiger partial charge in [0, 0.05) is 12.4 Å². The number of nitrogens with zero attached hydrogens (tertiary/aromatic N) is 3. The highest BCUT2D eigenvalue weighted by atomic mass is 16.2. The van der Waals surface area contributed by atoms with E-state index >= 15 is 0 Å². The Balaban J connectivity index is 2.07. The van der Waals surface area contributed by atoms with Crippen LogP contribution in [0.15, 0.2) is 35.4 Å². The van der Waals surface area contributed by atoms with E-state index in [1.165, 1.54) is 16.2 Å². The van der Waals surface area contributed by atoms with E-state index in [9.17, 15) is 9.59 Å². The van der Waals surface area contributed by atoms with Crippen LogP contribution in [0.25, 0.3) is 16.9 Å². The van der Waals surface area contributed by atoms with E-state index in [0.29, 0.717) is 5.69 Å². The number of aryl methyl sites for hydroxylation is 2. The molecule has 0 aliphatic rings. The first-order valence-corrected chi connectivity index (χ1v) is 7.34. The van der Waals surface area contributed by atoms with Gasteiger partial charge in [0.05, 0.1) is 11.8 Å². The van der Waals surface area contributed by atoms with Gasteiger partial charge in [-0.15, -0.1) is 0 Å². The van der Waals surface area contributed by atoms with Crippen LogP contribution in [-0.4, -0.2) is 26.8 Å². The Kier molecular flexibility index (Phi) is 3.88. The summed E-state index contributed by atoms with van der Waals surface area (Å²) in [6, 6.07) is 7.72. The first-order valence-electron chi connectivity index (χ1n) is 7.34. The van der Waals surface area contributed by atoms with Crippen molar-refractivity contribution in [1.82, 2.24) is 19.7 Å². The molecule has 120 valence electrons. The summed E-state index contributed by atoms with van der Waals surface area (Å²) in [5, 5.41) is 10.9. The van der Waals surface area contributed by atoms with Crippen molar-refractivity contribution in [2.45, 2.75) is 13.8 Å². The Morgan fingerprint density at radius 2 is 2.12 bits per heavy atom. The van der Waals surface area contributed by atoms with Gasteiger partial charge in [-0.3, -0.25) is 14.0 Å². The molecule has 1 aromatic carbocycles. The Morgan fingerprint density at radius 3 is 2.83 bits per heavy atom. The van der Waals surface area contributed by atoms with E-state index in [2.05, 4.69) is 15.3 Å². The molecule has 0 fully saturated rings. The summed E-state index contributed by atoms with van der Waals surface area (Å²) in [7, 11) is 0. The van der Waals surface area contributed by atoms with Crippen LogP contribution in [0, 0.1) is 25.2 Å².